The second-order valence-corrected chi connectivity index (χ2v) is 8.88. The van der Waals surface area contributed by atoms with Crippen LogP contribution in [-0.4, -0.2) is 62.9 Å². The molecule has 170 valence electrons. The minimum atomic E-state index is -3.55. The number of carbonyl (C=O) groups is 1. The Bertz CT molecular complexity index is 938. The van der Waals surface area contributed by atoms with E-state index < -0.39 is 10.0 Å². The number of hydrogen-bond acceptors (Lipinski definition) is 5. The highest BCUT2D eigenvalue weighted by Crippen LogP contribution is 2.25. The zero-order valence-electron chi connectivity index (χ0n) is 18.8. The number of nitrogens with zero attached hydrogens (tertiary/aromatic N) is 2. The Balaban J connectivity index is 2.09. The topological polar surface area (TPSA) is 79.0 Å². The lowest BCUT2D eigenvalue weighted by Crippen LogP contribution is -2.30. The van der Waals surface area contributed by atoms with Crippen LogP contribution in [0.2, 0.25) is 0 Å². The fraction of sp³-hybridized carbons (Fsp3) is 0.435. The summed E-state index contributed by atoms with van der Waals surface area (Å²) in [4.78, 5) is 15.1. The quantitative estimate of drug-likeness (QED) is 0.537. The monoisotopic (exact) mass is 447 g/mol. The fourth-order valence-electron chi connectivity index (χ4n) is 3.21. The first-order chi connectivity index (χ1) is 14.9. The standard InChI is InChI=1S/C23H33N3O4S/c1-5-25(6-2)17-18-30-22-12-10-9-11-21(22)24-23(27)19-13-15-20(16-14-19)31(28,29)26(7-3)8-4/h9-16H,5-8,17-18H2,1-4H3,(H,24,27). The van der Waals surface area contributed by atoms with Crippen molar-refractivity contribution in [2.45, 2.75) is 32.6 Å². The highest BCUT2D eigenvalue weighted by Gasteiger charge is 2.21. The van der Waals surface area contributed by atoms with Gasteiger partial charge in [-0.15, -0.1) is 0 Å². The second-order valence-electron chi connectivity index (χ2n) is 6.94. The van der Waals surface area contributed by atoms with Crippen LogP contribution < -0.4 is 10.1 Å². The summed E-state index contributed by atoms with van der Waals surface area (Å²) in [7, 11) is -3.55. The molecular weight excluding hydrogens is 414 g/mol. The maximum absolute atomic E-state index is 12.7. The van der Waals surface area contributed by atoms with Gasteiger partial charge in [0.1, 0.15) is 12.4 Å². The molecule has 0 spiro atoms. The molecule has 0 saturated carbocycles. The molecule has 8 heteroatoms. The van der Waals surface area contributed by atoms with Crippen LogP contribution in [0.5, 0.6) is 5.75 Å². The minimum Gasteiger partial charge on any atom is -0.490 e. The van der Waals surface area contributed by atoms with Crippen molar-refractivity contribution < 1.29 is 17.9 Å². The third-order valence-corrected chi connectivity index (χ3v) is 7.22. The van der Waals surface area contributed by atoms with E-state index in [4.69, 9.17) is 4.74 Å². The van der Waals surface area contributed by atoms with Gasteiger partial charge in [-0.25, -0.2) is 8.42 Å². The molecule has 0 bridgehead atoms. The summed E-state index contributed by atoms with van der Waals surface area (Å²) in [6.07, 6.45) is 0. The van der Waals surface area contributed by atoms with E-state index in [9.17, 15) is 13.2 Å². The van der Waals surface area contributed by atoms with Gasteiger partial charge in [0.2, 0.25) is 10.0 Å². The van der Waals surface area contributed by atoms with Crippen molar-refractivity contribution in [2.24, 2.45) is 0 Å². The van der Waals surface area contributed by atoms with Crippen molar-refractivity contribution in [2.75, 3.05) is 44.6 Å². The fourth-order valence-corrected chi connectivity index (χ4v) is 4.66. The first-order valence-electron chi connectivity index (χ1n) is 10.7. The van der Waals surface area contributed by atoms with Gasteiger partial charge in [0.05, 0.1) is 10.6 Å². The van der Waals surface area contributed by atoms with E-state index in [2.05, 4.69) is 24.1 Å². The Kier molecular flexibility index (Phi) is 9.48. The smallest absolute Gasteiger partial charge is 0.255 e. The number of nitrogens with one attached hydrogen (secondary N) is 1. The Morgan fingerprint density at radius 3 is 2.10 bits per heavy atom. The number of carbonyl (C=O) groups excluding carboxylic acids is 1. The van der Waals surface area contributed by atoms with Crippen molar-refractivity contribution in [3.05, 3.63) is 54.1 Å². The largest absolute Gasteiger partial charge is 0.490 e. The van der Waals surface area contributed by atoms with Gasteiger partial charge in [-0.3, -0.25) is 4.79 Å². The number of likely N-dealkylation sites (N-methyl/N-ethyl adjacent to an activating group) is 1. The van der Waals surface area contributed by atoms with Crippen molar-refractivity contribution in [1.29, 1.82) is 0 Å². The number of ether oxygens (including phenoxy) is 1. The van der Waals surface area contributed by atoms with Crippen molar-refractivity contribution in [3.8, 4) is 5.75 Å². The molecule has 2 rings (SSSR count). The molecule has 0 aliphatic heterocycles. The lowest BCUT2D eigenvalue weighted by Gasteiger charge is -2.19. The molecule has 0 saturated heterocycles. The molecule has 7 nitrogen and oxygen atoms in total. The van der Waals surface area contributed by atoms with E-state index in [0.717, 1.165) is 19.6 Å². The molecule has 0 atom stereocenters. The van der Waals surface area contributed by atoms with Gasteiger partial charge in [-0.05, 0) is 49.5 Å². The molecule has 0 aliphatic rings. The lowest BCUT2D eigenvalue weighted by molar-refractivity contribution is 0.102. The number of sulfonamides is 1. The first-order valence-corrected chi connectivity index (χ1v) is 12.2. The van der Waals surface area contributed by atoms with Gasteiger partial charge >= 0.3 is 0 Å². The van der Waals surface area contributed by atoms with E-state index in [0.29, 0.717) is 36.7 Å². The number of anilines is 1. The van der Waals surface area contributed by atoms with Crippen LogP contribution >= 0.6 is 0 Å². The zero-order chi connectivity index (χ0) is 22.9. The maximum Gasteiger partial charge on any atom is 0.255 e. The van der Waals surface area contributed by atoms with Gasteiger partial charge in [-0.2, -0.15) is 4.31 Å². The Morgan fingerprint density at radius 1 is 0.903 bits per heavy atom. The van der Waals surface area contributed by atoms with Crippen LogP contribution in [0.4, 0.5) is 5.69 Å². The molecule has 2 aromatic rings. The highest BCUT2D eigenvalue weighted by atomic mass is 32.2. The molecule has 1 N–H and O–H groups in total. The summed E-state index contributed by atoms with van der Waals surface area (Å²) in [5, 5.41) is 2.86. The molecular formula is C23H33N3O4S. The Labute approximate surface area is 186 Å². The second kappa shape index (κ2) is 11.8. The summed E-state index contributed by atoms with van der Waals surface area (Å²) >= 11 is 0. The average Bonchev–Trinajstić information content (AvgIpc) is 2.78. The number of benzene rings is 2. The van der Waals surface area contributed by atoms with Crippen LogP contribution in [0.25, 0.3) is 0 Å². The molecule has 1 amide bonds. The number of para-hydroxylation sites is 2. The molecule has 2 aromatic carbocycles. The molecule has 0 aromatic heterocycles. The van der Waals surface area contributed by atoms with E-state index in [1.54, 1.807) is 19.9 Å². The normalized spacial score (nSPS) is 11.7. The van der Waals surface area contributed by atoms with E-state index in [1.165, 1.54) is 28.6 Å². The summed E-state index contributed by atoms with van der Waals surface area (Å²) < 4.78 is 32.5. The SMILES string of the molecule is CCN(CC)CCOc1ccccc1NC(=O)c1ccc(S(=O)(=O)N(CC)CC)cc1. The Hall–Kier alpha value is -2.42. The van der Waals surface area contributed by atoms with Gasteiger partial charge in [-0.1, -0.05) is 39.8 Å². The van der Waals surface area contributed by atoms with E-state index in [-0.39, 0.29) is 10.8 Å². The highest BCUT2D eigenvalue weighted by molar-refractivity contribution is 7.89. The Morgan fingerprint density at radius 2 is 1.52 bits per heavy atom. The first kappa shape index (κ1) is 24.8. The predicted molar refractivity (Wildman–Crippen MR) is 124 cm³/mol. The number of amides is 1. The van der Waals surface area contributed by atoms with Crippen molar-refractivity contribution in [3.63, 3.8) is 0 Å². The summed E-state index contributed by atoms with van der Waals surface area (Å²) in [6, 6.07) is 13.3. The van der Waals surface area contributed by atoms with Crippen LogP contribution in [0.1, 0.15) is 38.1 Å². The van der Waals surface area contributed by atoms with Crippen LogP contribution in [-0.2, 0) is 10.0 Å². The predicted octanol–water partition coefficient (Wildman–Crippen LogP) is 3.69. The lowest BCUT2D eigenvalue weighted by atomic mass is 10.2. The summed E-state index contributed by atoms with van der Waals surface area (Å²) in [6.45, 7) is 11.8. The van der Waals surface area contributed by atoms with Crippen LogP contribution in [0.3, 0.4) is 0 Å². The average molecular weight is 448 g/mol. The third-order valence-electron chi connectivity index (χ3n) is 5.15. The number of rotatable bonds is 12. The molecule has 31 heavy (non-hydrogen) atoms. The molecule has 0 aliphatic carbocycles. The van der Waals surface area contributed by atoms with Crippen molar-refractivity contribution in [1.82, 2.24) is 9.21 Å². The minimum absolute atomic E-state index is 0.174. The van der Waals surface area contributed by atoms with Crippen LogP contribution in [0, 0.1) is 0 Å². The number of hydrogen-bond donors (Lipinski definition) is 1. The van der Waals surface area contributed by atoms with Gasteiger partial charge in [0.15, 0.2) is 0 Å². The molecule has 0 unspecified atom stereocenters. The van der Waals surface area contributed by atoms with Gasteiger partial charge in [0, 0.05) is 25.2 Å². The maximum atomic E-state index is 12.7. The molecule has 0 radical (unpaired) electrons. The summed E-state index contributed by atoms with van der Waals surface area (Å²) in [5.41, 5.74) is 0.948. The van der Waals surface area contributed by atoms with E-state index in [1.807, 2.05) is 18.2 Å². The van der Waals surface area contributed by atoms with Crippen molar-refractivity contribution >= 4 is 21.6 Å². The van der Waals surface area contributed by atoms with Gasteiger partial charge in [0.25, 0.3) is 5.91 Å². The molecule has 0 heterocycles. The molecule has 0 fully saturated rings. The zero-order valence-corrected chi connectivity index (χ0v) is 19.6. The van der Waals surface area contributed by atoms with Crippen LogP contribution in [0.15, 0.2) is 53.4 Å². The summed E-state index contributed by atoms with van der Waals surface area (Å²) in [5.74, 6) is 0.273. The third kappa shape index (κ3) is 6.53. The van der Waals surface area contributed by atoms with Gasteiger partial charge < -0.3 is 15.0 Å². The van der Waals surface area contributed by atoms with E-state index >= 15 is 0 Å².